The van der Waals surface area contributed by atoms with Gasteiger partial charge in [0.15, 0.2) is 0 Å². The molecule has 0 fully saturated rings. The molecule has 0 saturated heterocycles. The van der Waals surface area contributed by atoms with Gasteiger partial charge in [-0.05, 0) is 20.3 Å². The Bertz CT molecular complexity index is 159. The Morgan fingerprint density at radius 3 is 2.57 bits per heavy atom. The highest BCUT2D eigenvalue weighted by molar-refractivity contribution is 7.85. The SMILES string of the molecule is CCCCS(=O)CC(O)COC(C)C. The summed E-state index contributed by atoms with van der Waals surface area (Å²) in [6.07, 6.45) is 1.54. The number of aliphatic hydroxyl groups is 1. The highest BCUT2D eigenvalue weighted by Crippen LogP contribution is 1.97. The summed E-state index contributed by atoms with van der Waals surface area (Å²) in [5, 5.41) is 9.45. The van der Waals surface area contributed by atoms with Crippen LogP contribution in [-0.4, -0.2) is 39.6 Å². The molecule has 0 aromatic rings. The van der Waals surface area contributed by atoms with E-state index < -0.39 is 16.9 Å². The largest absolute Gasteiger partial charge is 0.390 e. The van der Waals surface area contributed by atoms with Gasteiger partial charge in [0.1, 0.15) is 0 Å². The van der Waals surface area contributed by atoms with E-state index in [2.05, 4.69) is 6.92 Å². The summed E-state index contributed by atoms with van der Waals surface area (Å²) in [5.41, 5.74) is 0. The highest BCUT2D eigenvalue weighted by Gasteiger charge is 2.09. The van der Waals surface area contributed by atoms with E-state index in [0.717, 1.165) is 12.8 Å². The van der Waals surface area contributed by atoms with Crippen molar-refractivity contribution >= 4 is 10.8 Å². The molecule has 4 heteroatoms. The summed E-state index contributed by atoms with van der Waals surface area (Å²) < 4.78 is 16.6. The second kappa shape index (κ2) is 8.38. The van der Waals surface area contributed by atoms with Crippen LogP contribution >= 0.6 is 0 Å². The Kier molecular flexibility index (Phi) is 8.43. The van der Waals surface area contributed by atoms with Gasteiger partial charge in [-0.1, -0.05) is 13.3 Å². The van der Waals surface area contributed by atoms with Crippen molar-refractivity contribution in [2.45, 2.75) is 45.8 Å². The summed E-state index contributed by atoms with van der Waals surface area (Å²) in [6, 6.07) is 0. The van der Waals surface area contributed by atoms with Crippen molar-refractivity contribution in [3.05, 3.63) is 0 Å². The number of ether oxygens (including phenoxy) is 1. The van der Waals surface area contributed by atoms with Crippen LogP contribution < -0.4 is 0 Å². The van der Waals surface area contributed by atoms with Crippen molar-refractivity contribution in [1.82, 2.24) is 0 Å². The maximum atomic E-state index is 11.4. The molecule has 0 aliphatic carbocycles. The lowest BCUT2D eigenvalue weighted by Crippen LogP contribution is -2.25. The topological polar surface area (TPSA) is 46.5 Å². The fourth-order valence-electron chi connectivity index (χ4n) is 0.955. The van der Waals surface area contributed by atoms with Crippen molar-refractivity contribution < 1.29 is 14.1 Å². The number of rotatable bonds is 8. The van der Waals surface area contributed by atoms with Gasteiger partial charge in [0.05, 0.1) is 24.6 Å². The Hall–Kier alpha value is 0.0700. The first-order valence-electron chi connectivity index (χ1n) is 5.20. The second-order valence-corrected chi connectivity index (χ2v) is 5.32. The van der Waals surface area contributed by atoms with Gasteiger partial charge in [-0.3, -0.25) is 4.21 Å². The quantitative estimate of drug-likeness (QED) is 0.674. The van der Waals surface area contributed by atoms with Gasteiger partial charge in [-0.2, -0.15) is 0 Å². The molecule has 3 nitrogen and oxygen atoms in total. The minimum Gasteiger partial charge on any atom is -0.390 e. The van der Waals surface area contributed by atoms with Gasteiger partial charge >= 0.3 is 0 Å². The molecule has 2 unspecified atom stereocenters. The summed E-state index contributed by atoms with van der Waals surface area (Å²) in [6.45, 7) is 6.19. The number of hydrogen-bond acceptors (Lipinski definition) is 3. The van der Waals surface area contributed by atoms with Crippen LogP contribution in [0.2, 0.25) is 0 Å². The zero-order valence-electron chi connectivity index (χ0n) is 9.36. The molecule has 0 aliphatic rings. The molecule has 0 aromatic carbocycles. The van der Waals surface area contributed by atoms with Gasteiger partial charge in [0.2, 0.25) is 0 Å². The third-order valence-corrected chi connectivity index (χ3v) is 3.23. The molecule has 14 heavy (non-hydrogen) atoms. The molecule has 0 amide bonds. The Morgan fingerprint density at radius 2 is 2.07 bits per heavy atom. The van der Waals surface area contributed by atoms with Crippen molar-refractivity contribution in [2.24, 2.45) is 0 Å². The Labute approximate surface area is 89.3 Å². The van der Waals surface area contributed by atoms with Gasteiger partial charge in [0, 0.05) is 16.6 Å². The van der Waals surface area contributed by atoms with Crippen molar-refractivity contribution in [1.29, 1.82) is 0 Å². The first-order chi connectivity index (χ1) is 6.56. The lowest BCUT2D eigenvalue weighted by molar-refractivity contribution is 0.0149. The molecule has 0 aromatic heterocycles. The normalized spacial score (nSPS) is 15.8. The number of unbranched alkanes of at least 4 members (excludes halogenated alkanes) is 1. The van der Waals surface area contributed by atoms with Crippen LogP contribution in [0.15, 0.2) is 0 Å². The predicted molar refractivity (Wildman–Crippen MR) is 59.9 cm³/mol. The molecule has 0 saturated carbocycles. The minimum absolute atomic E-state index is 0.119. The standard InChI is InChI=1S/C10H22O3S/c1-4-5-6-14(12)8-10(11)7-13-9(2)3/h9-11H,4-8H2,1-3H3. The molecule has 0 spiro atoms. The molecular formula is C10H22O3S. The summed E-state index contributed by atoms with van der Waals surface area (Å²) in [7, 11) is -0.895. The van der Waals surface area contributed by atoms with E-state index in [0.29, 0.717) is 11.5 Å². The minimum atomic E-state index is -0.895. The average Bonchev–Trinajstić information content (AvgIpc) is 2.11. The maximum absolute atomic E-state index is 11.4. The lowest BCUT2D eigenvalue weighted by Gasteiger charge is -2.12. The van der Waals surface area contributed by atoms with Gasteiger partial charge in [-0.25, -0.2) is 0 Å². The molecule has 0 rings (SSSR count). The summed E-state index contributed by atoms with van der Waals surface area (Å²) in [5.74, 6) is 1.03. The lowest BCUT2D eigenvalue weighted by atomic mass is 10.4. The van der Waals surface area contributed by atoms with E-state index in [1.54, 1.807) is 0 Å². The molecule has 2 atom stereocenters. The van der Waals surface area contributed by atoms with Crippen LogP contribution in [0, 0.1) is 0 Å². The predicted octanol–water partition coefficient (Wildman–Crippen LogP) is 1.32. The Balaban J connectivity index is 3.50. The van der Waals surface area contributed by atoms with Crippen LogP contribution in [0.5, 0.6) is 0 Å². The van der Waals surface area contributed by atoms with E-state index in [9.17, 15) is 9.32 Å². The van der Waals surface area contributed by atoms with Crippen molar-refractivity contribution in [2.75, 3.05) is 18.1 Å². The van der Waals surface area contributed by atoms with E-state index in [4.69, 9.17) is 4.74 Å². The van der Waals surface area contributed by atoms with E-state index >= 15 is 0 Å². The first-order valence-corrected chi connectivity index (χ1v) is 6.69. The summed E-state index contributed by atoms with van der Waals surface area (Å²) >= 11 is 0. The molecule has 0 radical (unpaired) electrons. The third-order valence-electron chi connectivity index (χ3n) is 1.73. The van der Waals surface area contributed by atoms with Crippen molar-refractivity contribution in [3.8, 4) is 0 Å². The third kappa shape index (κ3) is 8.66. The zero-order valence-corrected chi connectivity index (χ0v) is 10.2. The molecule has 1 N–H and O–H groups in total. The Morgan fingerprint density at radius 1 is 1.43 bits per heavy atom. The molecule has 0 heterocycles. The molecule has 86 valence electrons. The molecular weight excluding hydrogens is 200 g/mol. The van der Waals surface area contributed by atoms with E-state index in [1.165, 1.54) is 0 Å². The van der Waals surface area contributed by atoms with Crippen LogP contribution in [0.3, 0.4) is 0 Å². The monoisotopic (exact) mass is 222 g/mol. The van der Waals surface area contributed by atoms with Crippen LogP contribution in [0.25, 0.3) is 0 Å². The average molecular weight is 222 g/mol. The highest BCUT2D eigenvalue weighted by atomic mass is 32.2. The van der Waals surface area contributed by atoms with Crippen LogP contribution in [-0.2, 0) is 15.5 Å². The van der Waals surface area contributed by atoms with E-state index in [-0.39, 0.29) is 12.7 Å². The fraction of sp³-hybridized carbons (Fsp3) is 1.00. The smallest absolute Gasteiger partial charge is 0.0888 e. The number of aliphatic hydroxyl groups excluding tert-OH is 1. The zero-order chi connectivity index (χ0) is 11.0. The second-order valence-electron chi connectivity index (χ2n) is 3.70. The van der Waals surface area contributed by atoms with Crippen molar-refractivity contribution in [3.63, 3.8) is 0 Å². The maximum Gasteiger partial charge on any atom is 0.0888 e. The van der Waals surface area contributed by atoms with Gasteiger partial charge in [0.25, 0.3) is 0 Å². The molecule has 0 bridgehead atoms. The molecule has 0 aliphatic heterocycles. The number of hydrogen-bond donors (Lipinski definition) is 1. The van der Waals surface area contributed by atoms with Crippen LogP contribution in [0.1, 0.15) is 33.6 Å². The fourth-order valence-corrected chi connectivity index (χ4v) is 2.26. The van der Waals surface area contributed by atoms with Gasteiger partial charge < -0.3 is 9.84 Å². The van der Waals surface area contributed by atoms with Gasteiger partial charge in [-0.15, -0.1) is 0 Å². The summed E-state index contributed by atoms with van der Waals surface area (Å²) in [4.78, 5) is 0. The van der Waals surface area contributed by atoms with Crippen LogP contribution in [0.4, 0.5) is 0 Å². The van der Waals surface area contributed by atoms with E-state index in [1.807, 2.05) is 13.8 Å². The first kappa shape index (κ1) is 14.1.